The molecule has 1 unspecified atom stereocenters. The molecule has 18 heavy (non-hydrogen) atoms. The van der Waals surface area contributed by atoms with Crippen molar-refractivity contribution in [3.05, 3.63) is 23.2 Å². The highest BCUT2D eigenvalue weighted by Gasteiger charge is 2.13. The first-order valence-electron chi connectivity index (χ1n) is 6.32. The zero-order chi connectivity index (χ0) is 13.0. The highest BCUT2D eigenvalue weighted by atomic mass is 35.5. The normalized spacial score (nSPS) is 18.1. The molecule has 1 aromatic rings. The third kappa shape index (κ3) is 3.70. The van der Waals surface area contributed by atoms with Gasteiger partial charge >= 0.3 is 0 Å². The summed E-state index contributed by atoms with van der Waals surface area (Å²) in [6.07, 6.45) is 3.53. The minimum absolute atomic E-state index is 0.568. The molecule has 1 heterocycles. The van der Waals surface area contributed by atoms with E-state index in [2.05, 4.69) is 4.90 Å². The molecule has 0 radical (unpaired) electrons. The molecule has 1 aliphatic heterocycles. The van der Waals surface area contributed by atoms with E-state index >= 15 is 0 Å². The van der Waals surface area contributed by atoms with E-state index in [1.165, 1.54) is 25.9 Å². The molecule has 0 saturated carbocycles. The third-order valence-electron chi connectivity index (χ3n) is 3.22. The van der Waals surface area contributed by atoms with Crippen molar-refractivity contribution in [2.75, 3.05) is 31.1 Å². The summed E-state index contributed by atoms with van der Waals surface area (Å²) in [5.74, 6) is 0.654. The molecule has 1 aromatic carbocycles. The van der Waals surface area contributed by atoms with Crippen LogP contribution in [0, 0.1) is 0 Å². The Morgan fingerprint density at radius 2 is 2.06 bits per heavy atom. The van der Waals surface area contributed by atoms with Crippen LogP contribution in [0.4, 0.5) is 5.69 Å². The molecular weight excluding hydrogens is 268 g/mol. The molecule has 1 atom stereocenters. The average molecular weight is 287 g/mol. The monoisotopic (exact) mass is 286 g/mol. The molecule has 2 N–H and O–H groups in total. The Kier molecular flexibility index (Phi) is 5.03. The van der Waals surface area contributed by atoms with Crippen molar-refractivity contribution < 1.29 is 4.21 Å². The number of anilines is 1. The molecule has 3 nitrogen and oxygen atoms in total. The number of hydrogen-bond donors (Lipinski definition) is 1. The highest BCUT2D eigenvalue weighted by Crippen LogP contribution is 2.21. The standard InChI is InChI=1S/C13H19ClN2OS/c14-11-4-5-12(15)13(10-11)18(17)9-3-8-16-6-1-2-7-16/h4-5,10H,1-3,6-9,15H2. The Morgan fingerprint density at radius 3 is 2.78 bits per heavy atom. The average Bonchev–Trinajstić information content (AvgIpc) is 2.85. The third-order valence-corrected chi connectivity index (χ3v) is 4.96. The minimum Gasteiger partial charge on any atom is -0.398 e. The Labute approximate surface area is 116 Å². The predicted octanol–water partition coefficient (Wildman–Crippen LogP) is 2.52. The van der Waals surface area contributed by atoms with E-state index in [0.29, 0.717) is 21.4 Å². The molecule has 100 valence electrons. The second kappa shape index (κ2) is 6.55. The molecule has 0 bridgehead atoms. The fourth-order valence-electron chi connectivity index (χ4n) is 2.24. The molecule has 0 aliphatic carbocycles. The first-order valence-corrected chi connectivity index (χ1v) is 8.02. The van der Waals surface area contributed by atoms with Gasteiger partial charge in [-0.15, -0.1) is 0 Å². The van der Waals surface area contributed by atoms with Crippen molar-refractivity contribution in [1.29, 1.82) is 0 Å². The van der Waals surface area contributed by atoms with Gasteiger partial charge in [-0.1, -0.05) is 11.6 Å². The van der Waals surface area contributed by atoms with Crippen LogP contribution in [-0.4, -0.2) is 34.5 Å². The number of nitrogens with zero attached hydrogens (tertiary/aromatic N) is 1. The summed E-state index contributed by atoms with van der Waals surface area (Å²) >= 11 is 5.90. The SMILES string of the molecule is Nc1ccc(Cl)cc1S(=O)CCCN1CCCC1. The lowest BCUT2D eigenvalue weighted by Gasteiger charge is -2.14. The Hall–Kier alpha value is -0.580. The summed E-state index contributed by atoms with van der Waals surface area (Å²) in [4.78, 5) is 3.10. The first kappa shape index (κ1) is 13.8. The Bertz CT molecular complexity index is 433. The van der Waals surface area contributed by atoms with E-state index in [0.717, 1.165) is 13.0 Å². The second-order valence-corrected chi connectivity index (χ2v) is 6.61. The largest absolute Gasteiger partial charge is 0.398 e. The van der Waals surface area contributed by atoms with Gasteiger partial charge in [0, 0.05) is 16.5 Å². The molecule has 2 rings (SSSR count). The molecule has 5 heteroatoms. The first-order chi connectivity index (χ1) is 8.66. The lowest BCUT2D eigenvalue weighted by molar-refractivity contribution is 0.340. The van der Waals surface area contributed by atoms with Crippen LogP contribution in [0.25, 0.3) is 0 Å². The summed E-state index contributed by atoms with van der Waals surface area (Å²) in [5, 5.41) is 0.590. The van der Waals surface area contributed by atoms with Crippen molar-refractivity contribution >= 4 is 28.1 Å². The van der Waals surface area contributed by atoms with Crippen molar-refractivity contribution in [2.24, 2.45) is 0 Å². The Balaban J connectivity index is 1.85. The zero-order valence-electron chi connectivity index (χ0n) is 10.4. The van der Waals surface area contributed by atoms with Gasteiger partial charge in [-0.3, -0.25) is 4.21 Å². The van der Waals surface area contributed by atoms with Gasteiger partial charge in [-0.2, -0.15) is 0 Å². The second-order valence-electron chi connectivity index (χ2n) is 4.63. The van der Waals surface area contributed by atoms with Crippen LogP contribution in [0.5, 0.6) is 0 Å². The van der Waals surface area contributed by atoms with E-state index in [1.807, 2.05) is 0 Å². The van der Waals surface area contributed by atoms with Crippen molar-refractivity contribution in [3.8, 4) is 0 Å². The smallest absolute Gasteiger partial charge is 0.0632 e. The van der Waals surface area contributed by atoms with Gasteiger partial charge in [0.15, 0.2) is 0 Å². The van der Waals surface area contributed by atoms with Gasteiger partial charge < -0.3 is 10.6 Å². The van der Waals surface area contributed by atoms with Crippen molar-refractivity contribution in [3.63, 3.8) is 0 Å². The summed E-state index contributed by atoms with van der Waals surface area (Å²) in [6.45, 7) is 3.41. The van der Waals surface area contributed by atoms with E-state index < -0.39 is 10.8 Å². The highest BCUT2D eigenvalue weighted by molar-refractivity contribution is 7.85. The van der Waals surface area contributed by atoms with E-state index in [1.54, 1.807) is 18.2 Å². The summed E-state index contributed by atoms with van der Waals surface area (Å²) in [7, 11) is -1.04. The van der Waals surface area contributed by atoms with Gasteiger partial charge in [-0.05, 0) is 57.1 Å². The number of hydrogen-bond acceptors (Lipinski definition) is 3. The van der Waals surface area contributed by atoms with Gasteiger partial charge in [0.25, 0.3) is 0 Å². The number of likely N-dealkylation sites (tertiary alicyclic amines) is 1. The van der Waals surface area contributed by atoms with Gasteiger partial charge in [0.1, 0.15) is 0 Å². The topological polar surface area (TPSA) is 46.3 Å². The van der Waals surface area contributed by atoms with Crippen LogP contribution in [0.3, 0.4) is 0 Å². The number of rotatable bonds is 5. The fraction of sp³-hybridized carbons (Fsp3) is 0.538. The summed E-state index contributed by atoms with van der Waals surface area (Å²) < 4.78 is 12.1. The van der Waals surface area contributed by atoms with Crippen molar-refractivity contribution in [2.45, 2.75) is 24.2 Å². The number of nitrogen functional groups attached to an aromatic ring is 1. The van der Waals surface area contributed by atoms with E-state index in [4.69, 9.17) is 17.3 Å². The molecule has 0 aromatic heterocycles. The summed E-state index contributed by atoms with van der Waals surface area (Å²) in [5.41, 5.74) is 6.39. The Morgan fingerprint density at radius 1 is 1.33 bits per heavy atom. The van der Waals surface area contributed by atoms with Gasteiger partial charge in [0.2, 0.25) is 0 Å². The lowest BCUT2D eigenvalue weighted by Crippen LogP contribution is -2.21. The minimum atomic E-state index is -1.04. The van der Waals surface area contributed by atoms with Crippen LogP contribution in [0.1, 0.15) is 19.3 Å². The van der Waals surface area contributed by atoms with Gasteiger partial charge in [0.05, 0.1) is 15.7 Å². The molecular formula is C13H19ClN2OS. The van der Waals surface area contributed by atoms with Gasteiger partial charge in [-0.25, -0.2) is 0 Å². The molecule has 1 fully saturated rings. The van der Waals surface area contributed by atoms with E-state index in [9.17, 15) is 4.21 Å². The lowest BCUT2D eigenvalue weighted by atomic mass is 10.3. The maximum atomic E-state index is 12.1. The van der Waals surface area contributed by atoms with Crippen LogP contribution in [0.15, 0.2) is 23.1 Å². The molecule has 1 aliphatic rings. The van der Waals surface area contributed by atoms with Crippen LogP contribution in [0.2, 0.25) is 5.02 Å². The fourth-order valence-corrected chi connectivity index (χ4v) is 3.68. The van der Waals surface area contributed by atoms with E-state index in [-0.39, 0.29) is 0 Å². The summed E-state index contributed by atoms with van der Waals surface area (Å²) in [6, 6.07) is 5.15. The number of nitrogens with two attached hydrogens (primary N) is 1. The predicted molar refractivity (Wildman–Crippen MR) is 77.4 cm³/mol. The van der Waals surface area contributed by atoms with Crippen LogP contribution >= 0.6 is 11.6 Å². The molecule has 0 amide bonds. The maximum Gasteiger partial charge on any atom is 0.0632 e. The van der Waals surface area contributed by atoms with Crippen molar-refractivity contribution in [1.82, 2.24) is 4.90 Å². The zero-order valence-corrected chi connectivity index (χ0v) is 12.0. The number of benzene rings is 1. The molecule has 1 saturated heterocycles. The quantitative estimate of drug-likeness (QED) is 0.846. The number of halogens is 1. The molecule has 0 spiro atoms. The van der Waals surface area contributed by atoms with Crippen LogP contribution < -0.4 is 5.73 Å². The maximum absolute atomic E-state index is 12.1. The van der Waals surface area contributed by atoms with Crippen LogP contribution in [-0.2, 0) is 10.8 Å².